The highest BCUT2D eigenvalue weighted by molar-refractivity contribution is 7.10. The van der Waals surface area contributed by atoms with Gasteiger partial charge in [-0.25, -0.2) is 9.78 Å². The van der Waals surface area contributed by atoms with Crippen LogP contribution in [0.3, 0.4) is 0 Å². The van der Waals surface area contributed by atoms with E-state index in [4.69, 9.17) is 9.52 Å². The smallest absolute Gasteiger partial charge is 0.335 e. The van der Waals surface area contributed by atoms with Crippen molar-refractivity contribution in [1.82, 2.24) is 4.98 Å². The van der Waals surface area contributed by atoms with E-state index in [9.17, 15) is 4.79 Å². The van der Waals surface area contributed by atoms with E-state index >= 15 is 0 Å². The minimum absolute atomic E-state index is 0.195. The van der Waals surface area contributed by atoms with Crippen LogP contribution in [0.2, 0.25) is 0 Å². The third kappa shape index (κ3) is 2.05. The van der Waals surface area contributed by atoms with E-state index in [1.54, 1.807) is 29.5 Å². The molecule has 0 radical (unpaired) electrons. The van der Waals surface area contributed by atoms with Gasteiger partial charge in [0.05, 0.1) is 11.5 Å². The van der Waals surface area contributed by atoms with Crippen LogP contribution >= 0.6 is 11.3 Å². The molecule has 3 aromatic rings. The fourth-order valence-corrected chi connectivity index (χ4v) is 3.95. The molecule has 1 N–H and O–H groups in total. The Labute approximate surface area is 125 Å². The Hall–Kier alpha value is -2.14. The summed E-state index contributed by atoms with van der Waals surface area (Å²) in [5.41, 5.74) is 2.81. The highest BCUT2D eigenvalue weighted by Gasteiger charge is 2.27. The van der Waals surface area contributed by atoms with Gasteiger partial charge >= 0.3 is 5.97 Å². The van der Waals surface area contributed by atoms with E-state index < -0.39 is 5.97 Å². The number of thiophene rings is 1. The van der Waals surface area contributed by atoms with Crippen molar-refractivity contribution in [3.8, 4) is 0 Å². The maximum absolute atomic E-state index is 11.0. The highest BCUT2D eigenvalue weighted by Crippen LogP contribution is 2.39. The molecular formula is C16H13NO3S. The molecule has 0 bridgehead atoms. The van der Waals surface area contributed by atoms with Crippen molar-refractivity contribution in [3.05, 3.63) is 51.5 Å². The largest absolute Gasteiger partial charge is 0.478 e. The number of carbonyl (C=O) groups is 1. The zero-order valence-electron chi connectivity index (χ0n) is 11.2. The van der Waals surface area contributed by atoms with E-state index in [-0.39, 0.29) is 11.5 Å². The molecule has 0 saturated heterocycles. The summed E-state index contributed by atoms with van der Waals surface area (Å²) in [6, 6.07) is 6.98. The summed E-state index contributed by atoms with van der Waals surface area (Å²) in [4.78, 5) is 17.0. The van der Waals surface area contributed by atoms with Crippen LogP contribution in [0.25, 0.3) is 11.1 Å². The Balaban J connectivity index is 1.80. The highest BCUT2D eigenvalue weighted by atomic mass is 32.1. The quantitative estimate of drug-likeness (QED) is 0.775. The lowest BCUT2D eigenvalue weighted by Gasteiger charge is -2.19. The van der Waals surface area contributed by atoms with E-state index in [0.29, 0.717) is 11.5 Å². The predicted octanol–water partition coefficient (Wildman–Crippen LogP) is 4.06. The molecule has 1 aliphatic carbocycles. The Morgan fingerprint density at radius 2 is 2.29 bits per heavy atom. The van der Waals surface area contributed by atoms with Crippen LogP contribution in [-0.4, -0.2) is 16.1 Å². The molecule has 0 aliphatic heterocycles. The Morgan fingerprint density at radius 1 is 1.38 bits per heavy atom. The lowest BCUT2D eigenvalue weighted by molar-refractivity contribution is 0.0697. The number of nitrogens with zero attached hydrogens (tertiary/aromatic N) is 1. The van der Waals surface area contributed by atoms with Crippen molar-refractivity contribution in [2.45, 2.75) is 25.2 Å². The van der Waals surface area contributed by atoms with Gasteiger partial charge in [0.2, 0.25) is 5.89 Å². The lowest BCUT2D eigenvalue weighted by Crippen LogP contribution is -2.08. The Morgan fingerprint density at radius 3 is 3.14 bits per heavy atom. The maximum Gasteiger partial charge on any atom is 0.335 e. The number of fused-ring (bicyclic) bond motifs is 2. The summed E-state index contributed by atoms with van der Waals surface area (Å²) in [6.45, 7) is 0. The number of hydrogen-bond donors (Lipinski definition) is 1. The van der Waals surface area contributed by atoms with Crippen LogP contribution in [0.15, 0.2) is 34.1 Å². The molecule has 0 spiro atoms. The average molecular weight is 299 g/mol. The molecule has 21 heavy (non-hydrogen) atoms. The first-order valence-corrected chi connectivity index (χ1v) is 7.80. The molecule has 4 nitrogen and oxygen atoms in total. The summed E-state index contributed by atoms with van der Waals surface area (Å²) in [6.07, 6.45) is 3.30. The molecule has 1 unspecified atom stereocenters. The number of aryl methyl sites for hydroxylation is 1. The molecule has 1 aliphatic rings. The zero-order valence-corrected chi connectivity index (χ0v) is 12.0. The van der Waals surface area contributed by atoms with E-state index in [1.165, 1.54) is 10.4 Å². The predicted molar refractivity (Wildman–Crippen MR) is 80.1 cm³/mol. The summed E-state index contributed by atoms with van der Waals surface area (Å²) in [5.74, 6) is -0.0554. The fourth-order valence-electron chi connectivity index (χ4n) is 2.97. The normalized spacial score (nSPS) is 17.8. The molecule has 4 rings (SSSR count). The van der Waals surface area contributed by atoms with Gasteiger partial charge < -0.3 is 9.52 Å². The number of carboxylic acid groups (broad SMARTS) is 1. The molecule has 106 valence electrons. The average Bonchev–Trinajstić information content (AvgIpc) is 3.12. The van der Waals surface area contributed by atoms with Crippen LogP contribution in [0.4, 0.5) is 0 Å². The number of aromatic carboxylic acids is 1. The molecule has 1 aromatic carbocycles. The van der Waals surface area contributed by atoms with Crippen LogP contribution in [0.5, 0.6) is 0 Å². The van der Waals surface area contributed by atoms with Gasteiger partial charge in [-0.15, -0.1) is 11.3 Å². The van der Waals surface area contributed by atoms with E-state index in [2.05, 4.69) is 16.4 Å². The van der Waals surface area contributed by atoms with Gasteiger partial charge in [0.15, 0.2) is 5.58 Å². The van der Waals surface area contributed by atoms with E-state index in [0.717, 1.165) is 24.8 Å². The van der Waals surface area contributed by atoms with Crippen molar-refractivity contribution in [1.29, 1.82) is 0 Å². The number of aromatic nitrogens is 1. The second-order valence-corrected chi connectivity index (χ2v) is 6.28. The summed E-state index contributed by atoms with van der Waals surface area (Å²) in [5, 5.41) is 11.2. The van der Waals surface area contributed by atoms with Gasteiger partial charge in [0.25, 0.3) is 0 Å². The first-order chi connectivity index (χ1) is 10.2. The molecule has 2 aromatic heterocycles. The van der Waals surface area contributed by atoms with Crippen LogP contribution in [0.1, 0.15) is 45.4 Å². The number of benzene rings is 1. The van der Waals surface area contributed by atoms with Crippen molar-refractivity contribution < 1.29 is 14.3 Å². The minimum atomic E-state index is -0.951. The Bertz CT molecular complexity index is 833. The van der Waals surface area contributed by atoms with Gasteiger partial charge in [-0.2, -0.15) is 0 Å². The third-order valence-corrected chi connectivity index (χ3v) is 5.00. The first-order valence-electron chi connectivity index (χ1n) is 6.92. The molecule has 2 heterocycles. The van der Waals surface area contributed by atoms with Crippen molar-refractivity contribution in [3.63, 3.8) is 0 Å². The van der Waals surface area contributed by atoms with Crippen LogP contribution in [-0.2, 0) is 6.42 Å². The van der Waals surface area contributed by atoms with Gasteiger partial charge in [-0.3, -0.25) is 0 Å². The van der Waals surface area contributed by atoms with Gasteiger partial charge in [-0.05, 0) is 54.5 Å². The molecule has 0 amide bonds. The van der Waals surface area contributed by atoms with Gasteiger partial charge in [0, 0.05) is 4.88 Å². The first kappa shape index (κ1) is 12.6. The van der Waals surface area contributed by atoms with Crippen molar-refractivity contribution in [2.75, 3.05) is 0 Å². The number of oxazole rings is 1. The standard InChI is InChI=1S/C16H13NO3S/c18-16(19)9-4-5-12-13(8-9)20-15(17-12)11-2-1-3-14-10(11)6-7-21-14/h4-8,11H,1-3H2,(H,18,19). The topological polar surface area (TPSA) is 63.3 Å². The summed E-state index contributed by atoms with van der Waals surface area (Å²) in [7, 11) is 0. The second kappa shape index (κ2) is 4.70. The zero-order chi connectivity index (χ0) is 14.4. The fraction of sp³-hybridized carbons (Fsp3) is 0.250. The van der Waals surface area contributed by atoms with E-state index in [1.807, 2.05) is 0 Å². The second-order valence-electron chi connectivity index (χ2n) is 5.28. The van der Waals surface area contributed by atoms with Crippen LogP contribution in [0, 0.1) is 0 Å². The molecule has 0 saturated carbocycles. The minimum Gasteiger partial charge on any atom is -0.478 e. The van der Waals surface area contributed by atoms with Crippen molar-refractivity contribution in [2.24, 2.45) is 0 Å². The molecule has 5 heteroatoms. The number of rotatable bonds is 2. The van der Waals surface area contributed by atoms with Gasteiger partial charge in [-0.1, -0.05) is 0 Å². The van der Waals surface area contributed by atoms with Gasteiger partial charge in [0.1, 0.15) is 5.52 Å². The SMILES string of the molecule is O=C(O)c1ccc2nc(C3CCCc4sccc43)oc2c1. The summed E-state index contributed by atoms with van der Waals surface area (Å²) >= 11 is 1.79. The molecule has 1 atom stereocenters. The summed E-state index contributed by atoms with van der Waals surface area (Å²) < 4.78 is 5.85. The number of carboxylic acids is 1. The maximum atomic E-state index is 11.0. The van der Waals surface area contributed by atoms with Crippen LogP contribution < -0.4 is 0 Å². The third-order valence-electron chi connectivity index (χ3n) is 4.00. The molecular weight excluding hydrogens is 286 g/mol. The lowest BCUT2D eigenvalue weighted by atomic mass is 9.88. The Kier molecular flexibility index (Phi) is 2.82. The molecule has 0 fully saturated rings. The monoisotopic (exact) mass is 299 g/mol. The van der Waals surface area contributed by atoms with Crippen molar-refractivity contribution >= 4 is 28.4 Å². The number of hydrogen-bond acceptors (Lipinski definition) is 4.